The Hall–Kier alpha value is -1.68. The van der Waals surface area contributed by atoms with Gasteiger partial charge < -0.3 is 5.21 Å². The van der Waals surface area contributed by atoms with Crippen molar-refractivity contribution in [3.63, 3.8) is 0 Å². The van der Waals surface area contributed by atoms with E-state index in [0.29, 0.717) is 15.4 Å². The zero-order chi connectivity index (χ0) is 9.97. The number of benzene rings is 1. The Kier molecular flexibility index (Phi) is 2.28. The number of hydrogen-bond acceptors (Lipinski definition) is 3. The highest BCUT2D eigenvalue weighted by Crippen LogP contribution is 2.17. The molecule has 0 saturated carbocycles. The second-order valence-corrected chi connectivity index (χ2v) is 3.15. The number of rotatable bonds is 1. The fourth-order valence-corrected chi connectivity index (χ4v) is 1.20. The Bertz CT molecular complexity index is 444. The van der Waals surface area contributed by atoms with Crippen LogP contribution in [-0.2, 0) is 0 Å². The average molecular weight is 208 g/mol. The van der Waals surface area contributed by atoms with Crippen LogP contribution < -0.4 is 4.73 Å². The molecule has 0 atom stereocenters. The van der Waals surface area contributed by atoms with Crippen LogP contribution in [0.5, 0.6) is 0 Å². The summed E-state index contributed by atoms with van der Waals surface area (Å²) in [5.41, 5.74) is 1.34. The van der Waals surface area contributed by atoms with E-state index in [1.54, 1.807) is 24.3 Å². The molecule has 0 N–H and O–H groups in total. The molecule has 5 heteroatoms. The number of hydrogen-bond donors (Lipinski definition) is 0. The molecule has 0 bridgehead atoms. The van der Waals surface area contributed by atoms with Crippen molar-refractivity contribution in [2.24, 2.45) is 0 Å². The molecule has 0 aliphatic heterocycles. The minimum Gasteiger partial charge on any atom is -0.711 e. The van der Waals surface area contributed by atoms with Crippen LogP contribution in [0.3, 0.4) is 0 Å². The fourth-order valence-electron chi connectivity index (χ4n) is 1.07. The topological polar surface area (TPSA) is 52.7 Å². The summed E-state index contributed by atoms with van der Waals surface area (Å²) < 4.78 is 0.608. The van der Waals surface area contributed by atoms with E-state index in [-0.39, 0.29) is 0 Å². The lowest BCUT2D eigenvalue weighted by molar-refractivity contribution is -0.609. The molecular formula is C9H6ClN3O. The maximum absolute atomic E-state index is 10.9. The molecule has 70 valence electrons. The molecule has 0 saturated heterocycles. The zero-order valence-corrected chi connectivity index (χ0v) is 7.85. The van der Waals surface area contributed by atoms with Crippen molar-refractivity contribution in [1.29, 1.82) is 0 Å². The van der Waals surface area contributed by atoms with Crippen molar-refractivity contribution in [3.8, 4) is 11.3 Å². The quantitative estimate of drug-likeness (QED) is 0.525. The lowest BCUT2D eigenvalue weighted by Crippen LogP contribution is -2.26. The molecule has 0 amide bonds. The highest BCUT2D eigenvalue weighted by molar-refractivity contribution is 6.30. The Balaban J connectivity index is 2.44. The summed E-state index contributed by atoms with van der Waals surface area (Å²) >= 11 is 5.73. The molecule has 1 aromatic carbocycles. The predicted octanol–water partition coefficient (Wildman–Crippen LogP) is 1.43. The molecule has 0 fully saturated rings. The van der Waals surface area contributed by atoms with Crippen LogP contribution in [0, 0.1) is 5.21 Å². The third-order valence-electron chi connectivity index (χ3n) is 1.72. The van der Waals surface area contributed by atoms with Gasteiger partial charge in [-0.25, -0.2) is 4.73 Å². The highest BCUT2D eigenvalue weighted by Gasteiger charge is 2.03. The van der Waals surface area contributed by atoms with Crippen LogP contribution in [0.1, 0.15) is 0 Å². The summed E-state index contributed by atoms with van der Waals surface area (Å²) in [6.07, 6.45) is 2.45. The molecule has 0 aliphatic carbocycles. The van der Waals surface area contributed by atoms with Gasteiger partial charge in [-0.15, -0.1) is 0 Å². The van der Waals surface area contributed by atoms with E-state index < -0.39 is 0 Å². The van der Waals surface area contributed by atoms with Gasteiger partial charge in [0, 0.05) is 10.6 Å². The lowest BCUT2D eigenvalue weighted by Gasteiger charge is -2.00. The molecule has 1 heterocycles. The Morgan fingerprint density at radius 2 is 1.93 bits per heavy atom. The zero-order valence-electron chi connectivity index (χ0n) is 7.09. The molecule has 0 spiro atoms. The summed E-state index contributed by atoms with van der Waals surface area (Å²) in [4.78, 5) is 0. The third-order valence-corrected chi connectivity index (χ3v) is 1.97. The first-order chi connectivity index (χ1) is 6.75. The molecular weight excluding hydrogens is 202 g/mol. The Morgan fingerprint density at radius 1 is 1.21 bits per heavy atom. The molecule has 1 aromatic heterocycles. The largest absolute Gasteiger partial charge is 0.711 e. The van der Waals surface area contributed by atoms with E-state index in [0.717, 1.165) is 11.9 Å². The molecule has 2 rings (SSSR count). The van der Waals surface area contributed by atoms with Crippen molar-refractivity contribution in [1.82, 2.24) is 10.2 Å². The van der Waals surface area contributed by atoms with Gasteiger partial charge in [0.1, 0.15) is 6.20 Å². The maximum Gasteiger partial charge on any atom is 0.317 e. The van der Waals surface area contributed by atoms with Crippen molar-refractivity contribution in [2.75, 3.05) is 0 Å². The number of halogens is 1. The molecule has 2 aromatic rings. The smallest absolute Gasteiger partial charge is 0.317 e. The van der Waals surface area contributed by atoms with Gasteiger partial charge in [-0.3, -0.25) is 0 Å². The first kappa shape index (κ1) is 8.90. The van der Waals surface area contributed by atoms with Gasteiger partial charge in [0.15, 0.2) is 5.69 Å². The third kappa shape index (κ3) is 1.80. The number of nitrogens with zero attached hydrogens (tertiary/aromatic N) is 3. The van der Waals surface area contributed by atoms with Gasteiger partial charge in [-0.1, -0.05) is 23.7 Å². The van der Waals surface area contributed by atoms with Gasteiger partial charge in [0.2, 0.25) is 0 Å². The molecule has 14 heavy (non-hydrogen) atoms. The standard InChI is InChI=1S/C9H6ClN3O/c10-8-3-1-7(2-4-8)9-5-13(14)6-11-12-9/h1-6H. The van der Waals surface area contributed by atoms with E-state index in [1.807, 2.05) is 0 Å². The fraction of sp³-hybridized carbons (Fsp3) is 0. The molecule has 0 radical (unpaired) electrons. The van der Waals surface area contributed by atoms with E-state index in [4.69, 9.17) is 11.6 Å². The SMILES string of the molecule is [O-][n+]1cnnc(-c2ccc(Cl)cc2)c1. The highest BCUT2D eigenvalue weighted by atomic mass is 35.5. The van der Waals surface area contributed by atoms with Gasteiger partial charge >= 0.3 is 6.33 Å². The van der Waals surface area contributed by atoms with Crippen molar-refractivity contribution < 1.29 is 4.73 Å². The minimum atomic E-state index is 0.527. The summed E-state index contributed by atoms with van der Waals surface area (Å²) in [5.74, 6) is 0. The average Bonchev–Trinajstić information content (AvgIpc) is 2.19. The first-order valence-corrected chi connectivity index (χ1v) is 4.31. The van der Waals surface area contributed by atoms with E-state index in [1.165, 1.54) is 6.20 Å². The maximum atomic E-state index is 10.9. The van der Waals surface area contributed by atoms with Gasteiger partial charge in [-0.05, 0) is 17.2 Å². The summed E-state index contributed by atoms with van der Waals surface area (Å²) in [7, 11) is 0. The lowest BCUT2D eigenvalue weighted by atomic mass is 10.2. The summed E-state index contributed by atoms with van der Waals surface area (Å²) in [6, 6.07) is 7.04. The van der Waals surface area contributed by atoms with E-state index in [2.05, 4.69) is 10.2 Å². The van der Waals surface area contributed by atoms with E-state index >= 15 is 0 Å². The van der Waals surface area contributed by atoms with Crippen LogP contribution in [-0.4, -0.2) is 10.2 Å². The van der Waals surface area contributed by atoms with Crippen molar-refractivity contribution in [2.45, 2.75) is 0 Å². The van der Waals surface area contributed by atoms with Gasteiger partial charge in [0.25, 0.3) is 0 Å². The van der Waals surface area contributed by atoms with Crippen LogP contribution >= 0.6 is 11.6 Å². The van der Waals surface area contributed by atoms with E-state index in [9.17, 15) is 5.21 Å². The predicted molar refractivity (Wildman–Crippen MR) is 51.4 cm³/mol. The summed E-state index contributed by atoms with van der Waals surface area (Å²) in [5, 5.41) is 18.9. The van der Waals surface area contributed by atoms with Crippen LogP contribution in [0.2, 0.25) is 5.02 Å². The minimum absolute atomic E-state index is 0.527. The normalized spacial score (nSPS) is 10.1. The van der Waals surface area contributed by atoms with Gasteiger partial charge in [-0.2, -0.15) is 0 Å². The second kappa shape index (κ2) is 3.59. The Labute approximate surface area is 85.4 Å². The Morgan fingerprint density at radius 3 is 2.57 bits per heavy atom. The van der Waals surface area contributed by atoms with Crippen molar-refractivity contribution in [3.05, 3.63) is 47.0 Å². The molecule has 0 unspecified atom stereocenters. The first-order valence-electron chi connectivity index (χ1n) is 3.93. The molecule has 0 aliphatic rings. The van der Waals surface area contributed by atoms with Crippen molar-refractivity contribution >= 4 is 11.6 Å². The summed E-state index contributed by atoms with van der Waals surface area (Å²) in [6.45, 7) is 0. The van der Waals surface area contributed by atoms with Crippen LogP contribution in [0.25, 0.3) is 11.3 Å². The second-order valence-electron chi connectivity index (χ2n) is 2.71. The van der Waals surface area contributed by atoms with Crippen LogP contribution in [0.15, 0.2) is 36.8 Å². The monoisotopic (exact) mass is 207 g/mol. The molecule has 4 nitrogen and oxygen atoms in total. The van der Waals surface area contributed by atoms with Gasteiger partial charge in [0.05, 0.1) is 5.10 Å². The number of aromatic nitrogens is 3. The van der Waals surface area contributed by atoms with Crippen LogP contribution in [0.4, 0.5) is 0 Å².